The molecule has 6 heteroatoms. The van der Waals surface area contributed by atoms with E-state index in [2.05, 4.69) is 43.5 Å². The smallest absolute Gasteiger partial charge is 0.205 e. The summed E-state index contributed by atoms with van der Waals surface area (Å²) in [6, 6.07) is 15.9. The van der Waals surface area contributed by atoms with Crippen LogP contribution in [0.1, 0.15) is 5.56 Å². The van der Waals surface area contributed by atoms with Crippen LogP contribution in [-0.4, -0.2) is 25.0 Å². The molecule has 0 radical (unpaired) electrons. The predicted octanol–water partition coefficient (Wildman–Crippen LogP) is 4.40. The lowest BCUT2D eigenvalue weighted by atomic mass is 10.2. The highest BCUT2D eigenvalue weighted by atomic mass is 79.9. The Morgan fingerprint density at radius 3 is 2.67 bits per heavy atom. The summed E-state index contributed by atoms with van der Waals surface area (Å²) in [6.45, 7) is 0. The van der Waals surface area contributed by atoms with Crippen molar-refractivity contribution in [1.82, 2.24) is 4.68 Å². The van der Waals surface area contributed by atoms with Crippen molar-refractivity contribution >= 4 is 33.5 Å². The molecule has 3 rings (SSSR count). The van der Waals surface area contributed by atoms with Gasteiger partial charge in [-0.15, -0.1) is 11.3 Å². The van der Waals surface area contributed by atoms with E-state index in [0.717, 1.165) is 31.8 Å². The Morgan fingerprint density at radius 1 is 1.17 bits per heavy atom. The van der Waals surface area contributed by atoms with Crippen LogP contribution in [0.4, 0.5) is 0 Å². The lowest BCUT2D eigenvalue weighted by Gasteiger charge is -2.04. The first kappa shape index (κ1) is 16.7. The standard InChI is InChI=1S/C18H16BrN3OS/c1-20-18-22(21-11-13-4-3-5-16(10-13)23-2)17(12-24-18)14-6-8-15(19)9-7-14/h3-12H,1-2H3/b20-18?,21-11-. The molecule has 0 N–H and O–H groups in total. The number of hydrogen-bond donors (Lipinski definition) is 0. The van der Waals surface area contributed by atoms with Gasteiger partial charge in [-0.2, -0.15) is 5.10 Å². The number of benzene rings is 2. The lowest BCUT2D eigenvalue weighted by Crippen LogP contribution is -2.11. The molecule has 4 nitrogen and oxygen atoms in total. The fourth-order valence-electron chi connectivity index (χ4n) is 2.23. The van der Waals surface area contributed by atoms with Crippen molar-refractivity contribution < 1.29 is 4.74 Å². The highest BCUT2D eigenvalue weighted by Gasteiger charge is 2.07. The van der Waals surface area contributed by atoms with Gasteiger partial charge in [0.2, 0.25) is 4.80 Å². The summed E-state index contributed by atoms with van der Waals surface area (Å²) < 4.78 is 8.16. The van der Waals surface area contributed by atoms with Crippen LogP contribution in [0, 0.1) is 0 Å². The van der Waals surface area contributed by atoms with E-state index in [0.29, 0.717) is 0 Å². The van der Waals surface area contributed by atoms with Gasteiger partial charge in [-0.05, 0) is 29.8 Å². The summed E-state index contributed by atoms with van der Waals surface area (Å²) in [5, 5.41) is 6.69. The zero-order valence-electron chi connectivity index (χ0n) is 13.3. The molecular weight excluding hydrogens is 386 g/mol. The van der Waals surface area contributed by atoms with E-state index >= 15 is 0 Å². The molecule has 3 aromatic rings. The monoisotopic (exact) mass is 401 g/mol. The Balaban J connectivity index is 2.02. The van der Waals surface area contributed by atoms with E-state index in [1.165, 1.54) is 0 Å². The van der Waals surface area contributed by atoms with Crippen LogP contribution in [0.15, 0.2) is 68.5 Å². The van der Waals surface area contributed by atoms with E-state index < -0.39 is 0 Å². The van der Waals surface area contributed by atoms with Gasteiger partial charge >= 0.3 is 0 Å². The number of thiazole rings is 1. The third-order valence-corrected chi connectivity index (χ3v) is 4.87. The molecule has 1 aromatic heterocycles. The molecule has 0 atom stereocenters. The van der Waals surface area contributed by atoms with Gasteiger partial charge < -0.3 is 4.74 Å². The molecule has 0 amide bonds. The summed E-state index contributed by atoms with van der Waals surface area (Å²) in [5.41, 5.74) is 3.07. The van der Waals surface area contributed by atoms with Crippen LogP contribution in [-0.2, 0) is 0 Å². The summed E-state index contributed by atoms with van der Waals surface area (Å²) >= 11 is 5.03. The average Bonchev–Trinajstić information content (AvgIpc) is 3.03. The molecule has 0 aliphatic heterocycles. The molecule has 0 saturated carbocycles. The van der Waals surface area contributed by atoms with Crippen molar-refractivity contribution in [2.45, 2.75) is 0 Å². The van der Waals surface area contributed by atoms with Crippen LogP contribution >= 0.6 is 27.3 Å². The molecule has 0 spiro atoms. The van der Waals surface area contributed by atoms with Gasteiger partial charge in [-0.1, -0.05) is 40.2 Å². The van der Waals surface area contributed by atoms with E-state index in [1.807, 2.05) is 47.3 Å². The van der Waals surface area contributed by atoms with Gasteiger partial charge in [0.1, 0.15) is 5.75 Å². The molecule has 0 saturated heterocycles. The summed E-state index contributed by atoms with van der Waals surface area (Å²) in [7, 11) is 3.43. The van der Waals surface area contributed by atoms with Gasteiger partial charge in [-0.3, -0.25) is 4.99 Å². The first-order valence-corrected chi connectivity index (χ1v) is 8.96. The normalized spacial score (nSPS) is 12.0. The van der Waals surface area contributed by atoms with Crippen LogP contribution < -0.4 is 9.54 Å². The van der Waals surface area contributed by atoms with Gasteiger partial charge in [0.15, 0.2) is 0 Å². The summed E-state index contributed by atoms with van der Waals surface area (Å²) in [6.07, 6.45) is 1.81. The van der Waals surface area contributed by atoms with Crippen LogP contribution in [0.5, 0.6) is 5.75 Å². The minimum atomic E-state index is 0.808. The third kappa shape index (κ3) is 3.66. The maximum atomic E-state index is 5.25. The number of ether oxygens (including phenoxy) is 1. The Morgan fingerprint density at radius 2 is 1.96 bits per heavy atom. The Labute approximate surface area is 152 Å². The Kier molecular flexibility index (Phi) is 5.27. The van der Waals surface area contributed by atoms with E-state index in [-0.39, 0.29) is 0 Å². The maximum Gasteiger partial charge on any atom is 0.205 e. The van der Waals surface area contributed by atoms with Crippen molar-refractivity contribution in [3.8, 4) is 17.0 Å². The van der Waals surface area contributed by atoms with Gasteiger partial charge in [-0.25, -0.2) is 4.68 Å². The average molecular weight is 402 g/mol. The minimum Gasteiger partial charge on any atom is -0.497 e. The van der Waals surface area contributed by atoms with Crippen molar-refractivity contribution in [2.24, 2.45) is 10.1 Å². The number of halogens is 1. The number of rotatable bonds is 4. The van der Waals surface area contributed by atoms with Gasteiger partial charge in [0.05, 0.1) is 19.0 Å². The fraction of sp³-hybridized carbons (Fsp3) is 0.111. The van der Waals surface area contributed by atoms with Crippen molar-refractivity contribution in [3.63, 3.8) is 0 Å². The molecule has 1 heterocycles. The molecule has 0 unspecified atom stereocenters. The second kappa shape index (κ2) is 7.59. The predicted molar refractivity (Wildman–Crippen MR) is 103 cm³/mol. The molecule has 0 bridgehead atoms. The minimum absolute atomic E-state index is 0.808. The van der Waals surface area contributed by atoms with Crippen molar-refractivity contribution in [1.29, 1.82) is 0 Å². The number of methoxy groups -OCH3 is 1. The number of aromatic nitrogens is 1. The highest BCUT2D eigenvalue weighted by molar-refractivity contribution is 9.10. The zero-order chi connectivity index (χ0) is 16.9. The van der Waals surface area contributed by atoms with E-state index in [1.54, 1.807) is 25.5 Å². The quantitative estimate of drug-likeness (QED) is 0.597. The SMILES string of the molecule is CN=c1scc(-c2ccc(Br)cc2)n1/N=C\c1cccc(OC)c1. The van der Waals surface area contributed by atoms with E-state index in [4.69, 9.17) is 4.74 Å². The highest BCUT2D eigenvalue weighted by Crippen LogP contribution is 2.22. The molecule has 0 aliphatic carbocycles. The second-order valence-corrected chi connectivity index (χ2v) is 6.72. The fourth-order valence-corrected chi connectivity index (χ4v) is 3.30. The lowest BCUT2D eigenvalue weighted by molar-refractivity contribution is 0.415. The third-order valence-electron chi connectivity index (χ3n) is 3.43. The van der Waals surface area contributed by atoms with Crippen LogP contribution in [0.25, 0.3) is 11.3 Å². The first-order valence-electron chi connectivity index (χ1n) is 7.29. The Bertz CT molecular complexity index is 926. The Hall–Kier alpha value is -2.18. The van der Waals surface area contributed by atoms with Crippen LogP contribution in [0.2, 0.25) is 0 Å². The summed E-state index contributed by atoms with van der Waals surface area (Å²) in [4.78, 5) is 5.15. The first-order chi connectivity index (χ1) is 11.7. The van der Waals surface area contributed by atoms with Crippen LogP contribution in [0.3, 0.4) is 0 Å². The zero-order valence-corrected chi connectivity index (χ0v) is 15.7. The largest absolute Gasteiger partial charge is 0.497 e. The molecular formula is C18H16BrN3OS. The number of nitrogens with zero attached hydrogens (tertiary/aromatic N) is 3. The molecule has 122 valence electrons. The van der Waals surface area contributed by atoms with Crippen molar-refractivity contribution in [3.05, 3.63) is 68.7 Å². The number of hydrogen-bond acceptors (Lipinski definition) is 4. The topological polar surface area (TPSA) is 38.9 Å². The molecule has 0 fully saturated rings. The maximum absolute atomic E-state index is 5.25. The molecule has 2 aromatic carbocycles. The molecule has 0 aliphatic rings. The second-order valence-electron chi connectivity index (χ2n) is 4.97. The van der Waals surface area contributed by atoms with Gasteiger partial charge in [0, 0.05) is 22.5 Å². The molecule has 24 heavy (non-hydrogen) atoms. The van der Waals surface area contributed by atoms with Crippen molar-refractivity contribution in [2.75, 3.05) is 14.2 Å². The van der Waals surface area contributed by atoms with Gasteiger partial charge in [0.25, 0.3) is 0 Å². The van der Waals surface area contributed by atoms with E-state index in [9.17, 15) is 0 Å². The summed E-state index contributed by atoms with van der Waals surface area (Å²) in [5.74, 6) is 0.808.